The van der Waals surface area contributed by atoms with Gasteiger partial charge in [-0.2, -0.15) is 0 Å². The van der Waals surface area contributed by atoms with Crippen molar-refractivity contribution in [3.8, 4) is 22.8 Å². The molecule has 1 amide bonds. The molecule has 1 unspecified atom stereocenters. The summed E-state index contributed by atoms with van der Waals surface area (Å²) in [4.78, 5) is 32.8. The summed E-state index contributed by atoms with van der Waals surface area (Å²) < 4.78 is 10.7. The third-order valence-corrected chi connectivity index (χ3v) is 5.23. The van der Waals surface area contributed by atoms with Gasteiger partial charge in [-0.1, -0.05) is 6.07 Å². The minimum absolute atomic E-state index is 0.0153. The maximum absolute atomic E-state index is 12.1. The average Bonchev–Trinajstić information content (AvgIpc) is 3.57. The first-order chi connectivity index (χ1) is 16.7. The highest BCUT2D eigenvalue weighted by Gasteiger charge is 2.17. The van der Waals surface area contributed by atoms with E-state index in [1.54, 1.807) is 43.0 Å². The lowest BCUT2D eigenvalue weighted by Gasteiger charge is -2.12. The van der Waals surface area contributed by atoms with Crippen LogP contribution in [0.2, 0.25) is 0 Å². The van der Waals surface area contributed by atoms with Crippen molar-refractivity contribution in [1.29, 1.82) is 0 Å². The Balaban J connectivity index is 1.23. The molecule has 1 aliphatic heterocycles. The van der Waals surface area contributed by atoms with Gasteiger partial charge in [0.25, 0.3) is 0 Å². The topological polar surface area (TPSA) is 127 Å². The summed E-state index contributed by atoms with van der Waals surface area (Å²) in [5.74, 6) is 1.12. The Labute approximate surface area is 195 Å². The first-order valence-corrected chi connectivity index (χ1v) is 10.9. The van der Waals surface area contributed by atoms with Gasteiger partial charge in [0.15, 0.2) is 0 Å². The first kappa shape index (κ1) is 21.5. The molecule has 4 aromatic rings. The number of benzene rings is 1. The molecule has 1 aromatic carbocycles. The predicted molar refractivity (Wildman–Crippen MR) is 127 cm³/mol. The highest BCUT2D eigenvalue weighted by Crippen LogP contribution is 2.23. The summed E-state index contributed by atoms with van der Waals surface area (Å²) in [5, 5.41) is 5.90. The number of ether oxygens (including phenoxy) is 2. The lowest BCUT2D eigenvalue weighted by molar-refractivity contribution is 0.0484. The van der Waals surface area contributed by atoms with Gasteiger partial charge in [0.05, 0.1) is 23.7 Å². The maximum atomic E-state index is 12.1. The number of carbonyl (C=O) groups is 1. The maximum Gasteiger partial charge on any atom is 0.411 e. The number of nitrogens with zero attached hydrogens (tertiary/aromatic N) is 4. The van der Waals surface area contributed by atoms with Crippen LogP contribution >= 0.6 is 0 Å². The molecule has 172 valence electrons. The van der Waals surface area contributed by atoms with Crippen molar-refractivity contribution < 1.29 is 14.3 Å². The van der Waals surface area contributed by atoms with Gasteiger partial charge in [-0.15, -0.1) is 0 Å². The minimum Gasteiger partial charge on any atom is -0.447 e. The van der Waals surface area contributed by atoms with Gasteiger partial charge in [0.1, 0.15) is 12.4 Å². The molecule has 10 nitrogen and oxygen atoms in total. The van der Waals surface area contributed by atoms with Crippen molar-refractivity contribution in [3.63, 3.8) is 0 Å². The van der Waals surface area contributed by atoms with Crippen LogP contribution in [0.25, 0.3) is 22.8 Å². The molecule has 4 heterocycles. The van der Waals surface area contributed by atoms with E-state index in [4.69, 9.17) is 9.47 Å². The molecule has 1 fully saturated rings. The Morgan fingerprint density at radius 3 is 2.91 bits per heavy atom. The van der Waals surface area contributed by atoms with E-state index in [9.17, 15) is 4.79 Å². The lowest BCUT2D eigenvalue weighted by Crippen LogP contribution is -2.21. The number of aromatic nitrogens is 5. The van der Waals surface area contributed by atoms with Crippen molar-refractivity contribution in [2.24, 2.45) is 0 Å². The summed E-state index contributed by atoms with van der Waals surface area (Å²) in [5.41, 5.74) is 3.64. The first-order valence-electron chi connectivity index (χ1n) is 10.9. The zero-order valence-corrected chi connectivity index (χ0v) is 18.3. The van der Waals surface area contributed by atoms with E-state index < -0.39 is 6.09 Å². The van der Waals surface area contributed by atoms with Crippen LogP contribution in [-0.4, -0.2) is 50.3 Å². The molecule has 0 radical (unpaired) electrons. The van der Waals surface area contributed by atoms with Crippen LogP contribution in [0.15, 0.2) is 67.3 Å². The van der Waals surface area contributed by atoms with Crippen molar-refractivity contribution in [2.45, 2.75) is 18.9 Å². The van der Waals surface area contributed by atoms with E-state index in [-0.39, 0.29) is 12.7 Å². The second-order valence-electron chi connectivity index (χ2n) is 7.72. The van der Waals surface area contributed by atoms with Crippen LogP contribution in [0, 0.1) is 0 Å². The third kappa shape index (κ3) is 5.36. The van der Waals surface area contributed by atoms with Crippen LogP contribution in [0.4, 0.5) is 22.1 Å². The van der Waals surface area contributed by atoms with Gasteiger partial charge in [-0.3, -0.25) is 10.3 Å². The van der Waals surface area contributed by atoms with Crippen LogP contribution in [0.1, 0.15) is 12.8 Å². The Kier molecular flexibility index (Phi) is 6.39. The second-order valence-corrected chi connectivity index (χ2v) is 7.72. The smallest absolute Gasteiger partial charge is 0.411 e. The Morgan fingerprint density at radius 2 is 2.06 bits per heavy atom. The lowest BCUT2D eigenvalue weighted by atomic mass is 10.2. The summed E-state index contributed by atoms with van der Waals surface area (Å²) in [6.07, 6.45) is 8.23. The van der Waals surface area contributed by atoms with Gasteiger partial charge in [-0.05, 0) is 49.2 Å². The van der Waals surface area contributed by atoms with Gasteiger partial charge in [0.2, 0.25) is 5.95 Å². The molecule has 0 saturated carbocycles. The highest BCUT2D eigenvalue weighted by atomic mass is 16.6. The molecule has 1 saturated heterocycles. The monoisotopic (exact) mass is 457 g/mol. The molecule has 0 bridgehead atoms. The van der Waals surface area contributed by atoms with Crippen LogP contribution in [0.3, 0.4) is 0 Å². The van der Waals surface area contributed by atoms with Gasteiger partial charge < -0.3 is 19.8 Å². The van der Waals surface area contributed by atoms with Gasteiger partial charge in [-0.25, -0.2) is 19.7 Å². The molecule has 0 aliphatic carbocycles. The van der Waals surface area contributed by atoms with Crippen LogP contribution in [-0.2, 0) is 9.47 Å². The van der Waals surface area contributed by atoms with Crippen molar-refractivity contribution in [2.75, 3.05) is 23.8 Å². The van der Waals surface area contributed by atoms with E-state index in [2.05, 4.69) is 35.6 Å². The largest absolute Gasteiger partial charge is 0.447 e. The van der Waals surface area contributed by atoms with E-state index in [1.165, 1.54) is 0 Å². The number of anilines is 3. The number of pyridine rings is 1. The van der Waals surface area contributed by atoms with E-state index in [0.717, 1.165) is 36.4 Å². The SMILES string of the molecule is O=C(Nc1cccc(Nc2nccc(-c3cnc(-c4cccnc4)[nH]3)n2)c1)OCC1CCCO1. The standard InChI is InChI=1S/C24H23N7O3/c32-24(34-15-19-7-3-11-33-19)29-18-6-1-5-17(12-18)28-23-26-10-8-20(31-23)21-14-27-22(30-21)16-4-2-9-25-13-16/h1-2,4-6,8-10,12-14,19H,3,7,11,15H2,(H,27,30)(H,29,32)(H,26,28,31). The highest BCUT2D eigenvalue weighted by molar-refractivity contribution is 5.85. The number of amides is 1. The zero-order chi connectivity index (χ0) is 23.2. The van der Waals surface area contributed by atoms with E-state index >= 15 is 0 Å². The summed E-state index contributed by atoms with van der Waals surface area (Å²) in [6.45, 7) is 0.971. The zero-order valence-electron chi connectivity index (χ0n) is 18.3. The average molecular weight is 457 g/mol. The number of nitrogens with one attached hydrogen (secondary N) is 3. The fourth-order valence-corrected chi connectivity index (χ4v) is 3.57. The fraction of sp³-hybridized carbons (Fsp3) is 0.208. The molecule has 3 aromatic heterocycles. The molecule has 34 heavy (non-hydrogen) atoms. The molecule has 3 N–H and O–H groups in total. The molecule has 5 rings (SSSR count). The molecule has 1 aliphatic rings. The Hall–Kier alpha value is -4.31. The number of aromatic amines is 1. The molecule has 1 atom stereocenters. The Morgan fingerprint density at radius 1 is 1.12 bits per heavy atom. The minimum atomic E-state index is -0.519. The van der Waals surface area contributed by atoms with Crippen LogP contribution < -0.4 is 10.6 Å². The second kappa shape index (κ2) is 10.1. The summed E-state index contributed by atoms with van der Waals surface area (Å²) in [7, 11) is 0. The van der Waals surface area contributed by atoms with Crippen molar-refractivity contribution >= 4 is 23.4 Å². The van der Waals surface area contributed by atoms with Crippen molar-refractivity contribution in [1.82, 2.24) is 24.9 Å². The van der Waals surface area contributed by atoms with Gasteiger partial charge >= 0.3 is 6.09 Å². The molecule has 0 spiro atoms. The third-order valence-electron chi connectivity index (χ3n) is 5.23. The summed E-state index contributed by atoms with van der Waals surface area (Å²) >= 11 is 0. The number of imidazole rings is 1. The fourth-order valence-electron chi connectivity index (χ4n) is 3.57. The molecular weight excluding hydrogens is 434 g/mol. The molecule has 10 heteroatoms. The van der Waals surface area contributed by atoms with Crippen LogP contribution in [0.5, 0.6) is 0 Å². The predicted octanol–water partition coefficient (Wildman–Crippen LogP) is 4.40. The quantitative estimate of drug-likeness (QED) is 0.373. The number of carbonyl (C=O) groups excluding carboxylic acids is 1. The number of hydrogen-bond acceptors (Lipinski definition) is 8. The van der Waals surface area contributed by atoms with E-state index in [1.807, 2.05) is 24.3 Å². The van der Waals surface area contributed by atoms with Gasteiger partial charge in [0, 0.05) is 42.1 Å². The molecular formula is C24H23N7O3. The number of H-pyrrole nitrogens is 1. The van der Waals surface area contributed by atoms with E-state index in [0.29, 0.717) is 23.2 Å². The number of hydrogen-bond donors (Lipinski definition) is 3. The number of rotatable bonds is 7. The summed E-state index contributed by atoms with van der Waals surface area (Å²) in [6, 6.07) is 12.8. The normalized spacial score (nSPS) is 15.1. The van der Waals surface area contributed by atoms with Crippen molar-refractivity contribution in [3.05, 3.63) is 67.3 Å². The Bertz CT molecular complexity index is 1260.